The number of hydrogen-bond acceptors (Lipinski definition) is 5. The molecule has 0 fully saturated rings. The molecule has 0 bridgehead atoms. The van der Waals surface area contributed by atoms with Crippen LogP contribution in [0.5, 0.6) is 5.75 Å². The molecule has 1 heterocycles. The number of nitrogens with zero attached hydrogens (tertiary/aromatic N) is 3. The van der Waals surface area contributed by atoms with Gasteiger partial charge in [0.1, 0.15) is 5.75 Å². The lowest BCUT2D eigenvalue weighted by atomic mass is 10.1. The molecule has 172 valence electrons. The third kappa shape index (κ3) is 5.12. The summed E-state index contributed by atoms with van der Waals surface area (Å²) in [4.78, 5) is 25.2. The molecule has 3 aromatic carbocycles. The van der Waals surface area contributed by atoms with Crippen LogP contribution in [-0.2, 0) is 6.54 Å². The highest BCUT2D eigenvalue weighted by atomic mass is 16.5. The van der Waals surface area contributed by atoms with Crippen molar-refractivity contribution in [3.05, 3.63) is 101 Å². The number of benzene rings is 3. The summed E-state index contributed by atoms with van der Waals surface area (Å²) < 4.78 is 6.85. The molecule has 4 aromatic rings. The van der Waals surface area contributed by atoms with E-state index in [1.54, 1.807) is 36.9 Å². The van der Waals surface area contributed by atoms with Crippen molar-refractivity contribution in [3.63, 3.8) is 0 Å². The van der Waals surface area contributed by atoms with Crippen LogP contribution in [0.25, 0.3) is 5.69 Å². The topological polar surface area (TPSA) is 98.1 Å². The van der Waals surface area contributed by atoms with E-state index in [1.807, 2.05) is 61.5 Å². The Bertz CT molecular complexity index is 1330. The van der Waals surface area contributed by atoms with E-state index in [4.69, 9.17) is 4.74 Å². The van der Waals surface area contributed by atoms with E-state index < -0.39 is 0 Å². The minimum Gasteiger partial charge on any atom is -0.497 e. The lowest BCUT2D eigenvalue weighted by molar-refractivity contribution is 0.0944. The molecule has 0 unspecified atom stereocenters. The summed E-state index contributed by atoms with van der Waals surface area (Å²) in [7, 11) is 1.59. The van der Waals surface area contributed by atoms with Gasteiger partial charge in [-0.05, 0) is 55.8 Å². The molecule has 34 heavy (non-hydrogen) atoms. The first kappa shape index (κ1) is 22.7. The number of amides is 2. The van der Waals surface area contributed by atoms with Crippen LogP contribution in [0.15, 0.2) is 72.8 Å². The van der Waals surface area contributed by atoms with Crippen LogP contribution >= 0.6 is 0 Å². The van der Waals surface area contributed by atoms with Gasteiger partial charge in [0.25, 0.3) is 11.8 Å². The van der Waals surface area contributed by atoms with E-state index in [0.717, 1.165) is 16.8 Å². The van der Waals surface area contributed by atoms with Gasteiger partial charge in [-0.25, -0.2) is 4.68 Å². The number of aromatic nitrogens is 3. The second kappa shape index (κ2) is 9.99. The predicted octanol–water partition coefficient (Wildman–Crippen LogP) is 4.08. The number of carbonyl (C=O) groups is 2. The van der Waals surface area contributed by atoms with Gasteiger partial charge in [0.05, 0.1) is 18.5 Å². The molecule has 0 saturated carbocycles. The Balaban J connectivity index is 1.41. The number of hydrogen-bond donors (Lipinski definition) is 2. The molecule has 0 saturated heterocycles. The zero-order valence-electron chi connectivity index (χ0n) is 19.2. The minimum atomic E-state index is -0.333. The molecular weight excluding hydrogens is 430 g/mol. The number of carbonyl (C=O) groups excluding carboxylic acids is 2. The Kier molecular flexibility index (Phi) is 6.68. The van der Waals surface area contributed by atoms with Crippen LogP contribution in [0.1, 0.15) is 37.7 Å². The van der Waals surface area contributed by atoms with E-state index >= 15 is 0 Å². The van der Waals surface area contributed by atoms with Crippen LogP contribution < -0.4 is 15.4 Å². The number of rotatable bonds is 7. The van der Waals surface area contributed by atoms with Crippen molar-refractivity contribution in [1.82, 2.24) is 20.3 Å². The third-order valence-electron chi connectivity index (χ3n) is 5.36. The van der Waals surface area contributed by atoms with Gasteiger partial charge in [-0.3, -0.25) is 9.59 Å². The fourth-order valence-electron chi connectivity index (χ4n) is 3.46. The Morgan fingerprint density at radius 2 is 1.71 bits per heavy atom. The summed E-state index contributed by atoms with van der Waals surface area (Å²) in [5.41, 5.74) is 4.77. The standard InChI is InChI=1S/C26H25N5O3/c1-17-10-12-20(13-11-17)25(32)28-21-7-4-6-19(14-21)16-27-26(33)24-18(2)31(30-29-24)22-8-5-9-23(15-22)34-3/h4-15H,16H2,1-3H3,(H,27,33)(H,28,32). The summed E-state index contributed by atoms with van der Waals surface area (Å²) in [6, 6.07) is 22.1. The van der Waals surface area contributed by atoms with Crippen LogP contribution in [0.4, 0.5) is 5.69 Å². The van der Waals surface area contributed by atoms with Gasteiger partial charge in [0.15, 0.2) is 5.69 Å². The zero-order chi connectivity index (χ0) is 24.1. The second-order valence-electron chi connectivity index (χ2n) is 7.84. The zero-order valence-corrected chi connectivity index (χ0v) is 19.2. The molecule has 8 heteroatoms. The first-order valence-corrected chi connectivity index (χ1v) is 10.8. The van der Waals surface area contributed by atoms with Gasteiger partial charge in [-0.15, -0.1) is 5.10 Å². The second-order valence-corrected chi connectivity index (χ2v) is 7.84. The smallest absolute Gasteiger partial charge is 0.274 e. The monoisotopic (exact) mass is 455 g/mol. The van der Waals surface area contributed by atoms with Crippen molar-refractivity contribution >= 4 is 17.5 Å². The molecule has 1 aromatic heterocycles. The number of anilines is 1. The number of ether oxygens (including phenoxy) is 1. The van der Waals surface area contributed by atoms with Gasteiger partial charge in [-0.1, -0.05) is 41.1 Å². The Morgan fingerprint density at radius 1 is 0.941 bits per heavy atom. The van der Waals surface area contributed by atoms with E-state index in [1.165, 1.54) is 0 Å². The molecule has 8 nitrogen and oxygen atoms in total. The molecule has 0 atom stereocenters. The largest absolute Gasteiger partial charge is 0.497 e. The molecule has 2 N–H and O–H groups in total. The van der Waals surface area contributed by atoms with E-state index in [-0.39, 0.29) is 24.1 Å². The van der Waals surface area contributed by atoms with Crippen LogP contribution in [0, 0.1) is 13.8 Å². The predicted molar refractivity (Wildman–Crippen MR) is 129 cm³/mol. The molecular formula is C26H25N5O3. The van der Waals surface area contributed by atoms with Crippen molar-refractivity contribution in [1.29, 1.82) is 0 Å². The number of aryl methyl sites for hydroxylation is 1. The van der Waals surface area contributed by atoms with E-state index in [9.17, 15) is 9.59 Å². The molecule has 0 aliphatic rings. The maximum Gasteiger partial charge on any atom is 0.274 e. The summed E-state index contributed by atoms with van der Waals surface area (Å²) >= 11 is 0. The van der Waals surface area contributed by atoms with Gasteiger partial charge >= 0.3 is 0 Å². The lowest BCUT2D eigenvalue weighted by Crippen LogP contribution is -2.24. The fourth-order valence-corrected chi connectivity index (χ4v) is 3.46. The molecule has 0 aliphatic heterocycles. The lowest BCUT2D eigenvalue weighted by Gasteiger charge is -2.09. The third-order valence-corrected chi connectivity index (χ3v) is 5.36. The number of nitrogens with one attached hydrogen (secondary N) is 2. The maximum absolute atomic E-state index is 12.8. The highest BCUT2D eigenvalue weighted by Gasteiger charge is 2.17. The van der Waals surface area contributed by atoms with Crippen molar-refractivity contribution < 1.29 is 14.3 Å². The quantitative estimate of drug-likeness (QED) is 0.438. The average Bonchev–Trinajstić information content (AvgIpc) is 3.24. The summed E-state index contributed by atoms with van der Waals surface area (Å²) in [6.07, 6.45) is 0. The van der Waals surface area contributed by atoms with Crippen LogP contribution in [0.3, 0.4) is 0 Å². The summed E-state index contributed by atoms with van der Waals surface area (Å²) in [5, 5.41) is 13.9. The maximum atomic E-state index is 12.8. The fraction of sp³-hybridized carbons (Fsp3) is 0.154. The molecule has 4 rings (SSSR count). The van der Waals surface area contributed by atoms with Gasteiger partial charge < -0.3 is 15.4 Å². The number of methoxy groups -OCH3 is 1. The normalized spacial score (nSPS) is 10.6. The Morgan fingerprint density at radius 3 is 2.47 bits per heavy atom. The molecule has 0 radical (unpaired) electrons. The van der Waals surface area contributed by atoms with Crippen molar-refractivity contribution in [2.45, 2.75) is 20.4 Å². The average molecular weight is 456 g/mol. The van der Waals surface area contributed by atoms with Crippen molar-refractivity contribution in [3.8, 4) is 11.4 Å². The molecule has 2 amide bonds. The SMILES string of the molecule is COc1cccc(-n2nnc(C(=O)NCc3cccc(NC(=O)c4ccc(C)cc4)c3)c2C)c1. The summed E-state index contributed by atoms with van der Waals surface area (Å²) in [6.45, 7) is 4.04. The van der Waals surface area contributed by atoms with Crippen LogP contribution in [0.2, 0.25) is 0 Å². The highest BCUT2D eigenvalue weighted by molar-refractivity contribution is 6.04. The first-order chi connectivity index (χ1) is 16.4. The van der Waals surface area contributed by atoms with Gasteiger partial charge in [-0.2, -0.15) is 0 Å². The van der Waals surface area contributed by atoms with E-state index in [2.05, 4.69) is 20.9 Å². The first-order valence-electron chi connectivity index (χ1n) is 10.8. The van der Waals surface area contributed by atoms with Gasteiger partial charge in [0, 0.05) is 23.9 Å². The van der Waals surface area contributed by atoms with Crippen LogP contribution in [-0.4, -0.2) is 33.9 Å². The molecule has 0 spiro atoms. The highest BCUT2D eigenvalue weighted by Crippen LogP contribution is 2.18. The minimum absolute atomic E-state index is 0.189. The van der Waals surface area contributed by atoms with E-state index in [0.29, 0.717) is 22.7 Å². The summed E-state index contributed by atoms with van der Waals surface area (Å²) in [5.74, 6) is 0.166. The van der Waals surface area contributed by atoms with Crippen molar-refractivity contribution in [2.24, 2.45) is 0 Å². The Labute approximate surface area is 197 Å². The van der Waals surface area contributed by atoms with Crippen molar-refractivity contribution in [2.75, 3.05) is 12.4 Å². The van der Waals surface area contributed by atoms with Gasteiger partial charge in [0.2, 0.25) is 0 Å². The Hall–Kier alpha value is -4.46. The molecule has 0 aliphatic carbocycles.